The van der Waals surface area contributed by atoms with Gasteiger partial charge in [-0.25, -0.2) is 4.79 Å². The van der Waals surface area contributed by atoms with Gasteiger partial charge in [0.1, 0.15) is 5.82 Å². The second-order valence-corrected chi connectivity index (χ2v) is 6.30. The molecular weight excluding hydrogens is 346 g/mol. The second-order valence-electron chi connectivity index (χ2n) is 6.30. The zero-order valence-corrected chi connectivity index (χ0v) is 16.0. The number of aromatic nitrogens is 3. The molecule has 1 aliphatic heterocycles. The van der Waals surface area contributed by atoms with Gasteiger partial charge in [0.05, 0.1) is 6.61 Å². The maximum absolute atomic E-state index is 11.8. The Morgan fingerprint density at radius 2 is 2.00 bits per heavy atom. The molecule has 0 saturated carbocycles. The Hall–Kier alpha value is -2.84. The Bertz CT molecular complexity index is 781. The van der Waals surface area contributed by atoms with E-state index in [9.17, 15) is 4.79 Å². The molecular formula is C18H27N7O2. The molecule has 2 aromatic rings. The van der Waals surface area contributed by atoms with Gasteiger partial charge in [-0.1, -0.05) is 6.07 Å². The molecule has 1 aliphatic rings. The Morgan fingerprint density at radius 1 is 1.22 bits per heavy atom. The minimum atomic E-state index is -0.236. The molecule has 0 unspecified atom stereocenters. The highest BCUT2D eigenvalue weighted by molar-refractivity contribution is 5.80. The molecule has 9 heteroatoms. The third-order valence-corrected chi connectivity index (χ3v) is 4.56. The van der Waals surface area contributed by atoms with Crippen LogP contribution in [-0.4, -0.2) is 82.8 Å². The van der Waals surface area contributed by atoms with Crippen molar-refractivity contribution in [3.63, 3.8) is 0 Å². The SMILES string of the molecule is CCOC(=O)N1CCN(C(=NC)NCCCc2nnc3ccccn23)CC1. The fourth-order valence-electron chi connectivity index (χ4n) is 3.16. The molecule has 3 rings (SSSR count). The van der Waals surface area contributed by atoms with Crippen molar-refractivity contribution in [1.82, 2.24) is 29.7 Å². The topological polar surface area (TPSA) is 87.4 Å². The van der Waals surface area contributed by atoms with E-state index in [1.165, 1.54) is 0 Å². The summed E-state index contributed by atoms with van der Waals surface area (Å²) in [4.78, 5) is 20.1. The third kappa shape index (κ3) is 4.66. The lowest BCUT2D eigenvalue weighted by molar-refractivity contribution is 0.0914. The first-order valence-electron chi connectivity index (χ1n) is 9.39. The molecule has 0 bridgehead atoms. The number of guanidine groups is 1. The van der Waals surface area contributed by atoms with Crippen molar-refractivity contribution in [2.75, 3.05) is 46.4 Å². The second kappa shape index (κ2) is 9.20. The first-order chi connectivity index (χ1) is 13.2. The Morgan fingerprint density at radius 3 is 2.74 bits per heavy atom. The minimum Gasteiger partial charge on any atom is -0.450 e. The Kier molecular flexibility index (Phi) is 6.45. The lowest BCUT2D eigenvalue weighted by Crippen LogP contribution is -2.54. The molecule has 1 N–H and O–H groups in total. The minimum absolute atomic E-state index is 0.236. The monoisotopic (exact) mass is 373 g/mol. The maximum Gasteiger partial charge on any atom is 0.409 e. The predicted octanol–water partition coefficient (Wildman–Crippen LogP) is 1.01. The Balaban J connectivity index is 1.43. The number of nitrogens with zero attached hydrogens (tertiary/aromatic N) is 6. The van der Waals surface area contributed by atoms with E-state index in [-0.39, 0.29) is 6.09 Å². The number of aryl methyl sites for hydroxylation is 1. The maximum atomic E-state index is 11.8. The van der Waals surface area contributed by atoms with Gasteiger partial charge in [0.25, 0.3) is 0 Å². The van der Waals surface area contributed by atoms with Gasteiger partial charge >= 0.3 is 6.09 Å². The van der Waals surface area contributed by atoms with Gasteiger partial charge in [-0.2, -0.15) is 0 Å². The molecule has 0 aromatic carbocycles. The van der Waals surface area contributed by atoms with Crippen molar-refractivity contribution in [3.8, 4) is 0 Å². The van der Waals surface area contributed by atoms with Gasteiger partial charge in [-0.05, 0) is 25.5 Å². The highest BCUT2D eigenvalue weighted by atomic mass is 16.6. The number of hydrogen-bond acceptors (Lipinski definition) is 5. The summed E-state index contributed by atoms with van der Waals surface area (Å²) < 4.78 is 7.08. The number of carbonyl (C=O) groups excluding carboxylic acids is 1. The molecule has 2 aromatic heterocycles. The number of hydrogen-bond donors (Lipinski definition) is 1. The zero-order chi connectivity index (χ0) is 19.1. The first kappa shape index (κ1) is 18.9. The van der Waals surface area contributed by atoms with Crippen molar-refractivity contribution in [2.45, 2.75) is 19.8 Å². The number of carbonyl (C=O) groups is 1. The van der Waals surface area contributed by atoms with Gasteiger partial charge in [0.15, 0.2) is 11.6 Å². The van der Waals surface area contributed by atoms with E-state index in [1.54, 1.807) is 11.9 Å². The van der Waals surface area contributed by atoms with E-state index in [0.29, 0.717) is 19.7 Å². The summed E-state index contributed by atoms with van der Waals surface area (Å²) in [7, 11) is 1.78. The van der Waals surface area contributed by atoms with Crippen LogP contribution in [0.3, 0.4) is 0 Å². The summed E-state index contributed by atoms with van der Waals surface area (Å²) in [6, 6.07) is 5.89. The van der Waals surface area contributed by atoms with E-state index >= 15 is 0 Å². The average Bonchev–Trinajstić information content (AvgIpc) is 3.12. The van der Waals surface area contributed by atoms with Crippen LogP contribution in [0.15, 0.2) is 29.4 Å². The van der Waals surface area contributed by atoms with E-state index in [4.69, 9.17) is 4.74 Å². The quantitative estimate of drug-likeness (QED) is 0.478. The van der Waals surface area contributed by atoms with Crippen LogP contribution >= 0.6 is 0 Å². The normalized spacial score (nSPS) is 15.3. The summed E-state index contributed by atoms with van der Waals surface area (Å²) >= 11 is 0. The molecule has 1 saturated heterocycles. The largest absolute Gasteiger partial charge is 0.450 e. The number of nitrogens with one attached hydrogen (secondary N) is 1. The number of amides is 1. The number of pyridine rings is 1. The molecule has 9 nitrogen and oxygen atoms in total. The average molecular weight is 373 g/mol. The molecule has 3 heterocycles. The molecule has 0 radical (unpaired) electrons. The van der Waals surface area contributed by atoms with Crippen molar-refractivity contribution in [1.29, 1.82) is 0 Å². The molecule has 1 amide bonds. The molecule has 0 atom stereocenters. The van der Waals surface area contributed by atoms with E-state index in [1.807, 2.05) is 35.7 Å². The van der Waals surface area contributed by atoms with Crippen LogP contribution in [0.2, 0.25) is 0 Å². The van der Waals surface area contributed by atoms with Crippen LogP contribution in [0.25, 0.3) is 5.65 Å². The summed E-state index contributed by atoms with van der Waals surface area (Å²) in [6.45, 7) is 5.80. The zero-order valence-electron chi connectivity index (χ0n) is 16.0. The predicted molar refractivity (Wildman–Crippen MR) is 103 cm³/mol. The molecule has 0 spiro atoms. The van der Waals surface area contributed by atoms with Crippen molar-refractivity contribution in [2.24, 2.45) is 4.99 Å². The highest BCUT2D eigenvalue weighted by Crippen LogP contribution is 2.06. The third-order valence-electron chi connectivity index (χ3n) is 4.56. The number of piperazine rings is 1. The first-order valence-corrected chi connectivity index (χ1v) is 9.39. The fourth-order valence-corrected chi connectivity index (χ4v) is 3.16. The fraction of sp³-hybridized carbons (Fsp3) is 0.556. The summed E-state index contributed by atoms with van der Waals surface area (Å²) in [5, 5.41) is 11.8. The number of ether oxygens (including phenoxy) is 1. The molecule has 27 heavy (non-hydrogen) atoms. The van der Waals surface area contributed by atoms with Crippen LogP contribution in [-0.2, 0) is 11.2 Å². The van der Waals surface area contributed by atoms with E-state index < -0.39 is 0 Å². The van der Waals surface area contributed by atoms with Crippen molar-refractivity contribution >= 4 is 17.7 Å². The molecule has 146 valence electrons. The lowest BCUT2D eigenvalue weighted by atomic mass is 10.3. The van der Waals surface area contributed by atoms with Crippen LogP contribution < -0.4 is 5.32 Å². The van der Waals surface area contributed by atoms with Crippen LogP contribution in [0.5, 0.6) is 0 Å². The summed E-state index contributed by atoms with van der Waals surface area (Å²) in [6.07, 6.45) is 3.52. The van der Waals surface area contributed by atoms with Gasteiger partial charge in [0, 0.05) is 52.4 Å². The number of rotatable bonds is 5. The molecule has 0 aliphatic carbocycles. The van der Waals surface area contributed by atoms with E-state index in [0.717, 1.165) is 49.9 Å². The number of fused-ring (bicyclic) bond motifs is 1. The Labute approximate surface area is 159 Å². The van der Waals surface area contributed by atoms with Crippen LogP contribution in [0.1, 0.15) is 19.2 Å². The van der Waals surface area contributed by atoms with Crippen LogP contribution in [0.4, 0.5) is 4.79 Å². The summed E-state index contributed by atoms with van der Waals surface area (Å²) in [5.74, 6) is 1.83. The smallest absolute Gasteiger partial charge is 0.409 e. The van der Waals surface area contributed by atoms with Gasteiger partial charge in [-0.3, -0.25) is 9.39 Å². The molecule has 1 fully saturated rings. The lowest BCUT2D eigenvalue weighted by Gasteiger charge is -2.35. The van der Waals surface area contributed by atoms with Crippen molar-refractivity contribution in [3.05, 3.63) is 30.2 Å². The highest BCUT2D eigenvalue weighted by Gasteiger charge is 2.23. The number of aliphatic imine (C=N–C) groups is 1. The van der Waals surface area contributed by atoms with E-state index in [2.05, 4.69) is 25.4 Å². The van der Waals surface area contributed by atoms with Crippen molar-refractivity contribution < 1.29 is 9.53 Å². The van der Waals surface area contributed by atoms with Gasteiger partial charge in [-0.15, -0.1) is 10.2 Å². The van der Waals surface area contributed by atoms with Gasteiger partial charge < -0.3 is 19.9 Å². The standard InChI is InChI=1S/C18H27N7O2/c1-3-27-18(26)24-13-11-23(12-14-24)17(19-2)20-9-6-8-16-22-21-15-7-4-5-10-25(15)16/h4-5,7,10H,3,6,8-9,11-14H2,1-2H3,(H,19,20). The van der Waals surface area contributed by atoms with Crippen LogP contribution in [0, 0.1) is 0 Å². The van der Waals surface area contributed by atoms with Gasteiger partial charge in [0.2, 0.25) is 0 Å². The summed E-state index contributed by atoms with van der Waals surface area (Å²) in [5.41, 5.74) is 0.871.